The standard InChI is InChI=1S/C30H35ClN6O3S/c1-21-4-6-23(7-5-21)29(39)37-17-16-36(19-22(37)2)27-18-26(31)32-30(33-27)41-20-28(38)35-14-12-34(13-15-35)24-8-10-25(40-3)11-9-24/h4-11,18,22H,12-17,19-20H2,1-3H3/t22-/m1/s1. The number of amides is 2. The monoisotopic (exact) mass is 594 g/mol. The molecular formula is C30H35ClN6O3S. The fourth-order valence-electron chi connectivity index (χ4n) is 5.17. The summed E-state index contributed by atoms with van der Waals surface area (Å²) in [4.78, 5) is 43.3. The van der Waals surface area contributed by atoms with Crippen LogP contribution in [-0.2, 0) is 4.79 Å². The second-order valence-corrected chi connectivity index (χ2v) is 11.7. The first kappa shape index (κ1) is 29.0. The van der Waals surface area contributed by atoms with Gasteiger partial charge in [-0.1, -0.05) is 41.1 Å². The second kappa shape index (κ2) is 13.0. The summed E-state index contributed by atoms with van der Waals surface area (Å²) < 4.78 is 5.24. The van der Waals surface area contributed by atoms with Crippen LogP contribution in [0.5, 0.6) is 5.75 Å². The molecule has 0 bridgehead atoms. The normalized spacial score (nSPS) is 17.5. The molecule has 5 rings (SSSR count). The summed E-state index contributed by atoms with van der Waals surface area (Å²) in [7, 11) is 1.66. The van der Waals surface area contributed by atoms with Crippen molar-refractivity contribution in [3.8, 4) is 5.75 Å². The van der Waals surface area contributed by atoms with Crippen LogP contribution in [-0.4, -0.2) is 96.3 Å². The van der Waals surface area contributed by atoms with Gasteiger partial charge in [-0.3, -0.25) is 9.59 Å². The molecule has 2 aromatic carbocycles. The van der Waals surface area contributed by atoms with Gasteiger partial charge < -0.3 is 24.3 Å². The van der Waals surface area contributed by atoms with Gasteiger partial charge in [0, 0.05) is 69.2 Å². The molecule has 216 valence electrons. The molecule has 0 N–H and O–H groups in total. The third-order valence-electron chi connectivity index (χ3n) is 7.57. The van der Waals surface area contributed by atoms with Crippen molar-refractivity contribution in [2.45, 2.75) is 25.0 Å². The first-order chi connectivity index (χ1) is 19.8. The number of ether oxygens (including phenoxy) is 1. The van der Waals surface area contributed by atoms with Crippen LogP contribution in [0, 0.1) is 6.92 Å². The van der Waals surface area contributed by atoms with Crippen LogP contribution >= 0.6 is 23.4 Å². The molecule has 3 heterocycles. The van der Waals surface area contributed by atoms with Crippen LogP contribution in [0.2, 0.25) is 5.15 Å². The summed E-state index contributed by atoms with van der Waals surface area (Å²) in [5, 5.41) is 0.812. The number of aromatic nitrogens is 2. The molecule has 2 amide bonds. The third kappa shape index (κ3) is 7.05. The summed E-state index contributed by atoms with van der Waals surface area (Å²) in [5.41, 5.74) is 2.95. The maximum Gasteiger partial charge on any atom is 0.254 e. The van der Waals surface area contributed by atoms with Gasteiger partial charge in [0.25, 0.3) is 5.91 Å². The zero-order valence-corrected chi connectivity index (χ0v) is 25.2. The summed E-state index contributed by atoms with van der Waals surface area (Å²) in [6.45, 7) is 8.78. The summed E-state index contributed by atoms with van der Waals surface area (Å²) in [6, 6.07) is 17.4. The second-order valence-electron chi connectivity index (χ2n) is 10.3. The number of rotatable bonds is 7. The number of methoxy groups -OCH3 is 1. The Kier molecular flexibility index (Phi) is 9.19. The Morgan fingerprint density at radius 1 is 0.951 bits per heavy atom. The molecule has 2 saturated heterocycles. The maximum absolute atomic E-state index is 13.1. The van der Waals surface area contributed by atoms with E-state index in [9.17, 15) is 9.59 Å². The molecule has 1 atom stereocenters. The van der Waals surface area contributed by atoms with Crippen LogP contribution in [0.1, 0.15) is 22.8 Å². The highest BCUT2D eigenvalue weighted by atomic mass is 35.5. The van der Waals surface area contributed by atoms with Gasteiger partial charge in [-0.15, -0.1) is 0 Å². The Labute approximate surface area is 250 Å². The van der Waals surface area contributed by atoms with E-state index < -0.39 is 0 Å². The topological polar surface area (TPSA) is 82.1 Å². The molecule has 0 radical (unpaired) electrons. The van der Waals surface area contributed by atoms with Gasteiger partial charge >= 0.3 is 0 Å². The number of halogens is 1. The van der Waals surface area contributed by atoms with Gasteiger partial charge in [0.05, 0.1) is 12.9 Å². The van der Waals surface area contributed by atoms with Crippen molar-refractivity contribution < 1.29 is 14.3 Å². The zero-order chi connectivity index (χ0) is 28.9. The smallest absolute Gasteiger partial charge is 0.254 e. The lowest BCUT2D eigenvalue weighted by molar-refractivity contribution is -0.128. The van der Waals surface area contributed by atoms with Gasteiger partial charge in [-0.05, 0) is 50.2 Å². The molecule has 41 heavy (non-hydrogen) atoms. The van der Waals surface area contributed by atoms with E-state index in [1.807, 2.05) is 72.2 Å². The molecule has 9 nitrogen and oxygen atoms in total. The summed E-state index contributed by atoms with van der Waals surface area (Å²) in [6.07, 6.45) is 0. The molecular weight excluding hydrogens is 560 g/mol. The molecule has 0 unspecified atom stereocenters. The molecule has 2 aliphatic heterocycles. The number of aryl methyl sites for hydroxylation is 1. The number of hydrogen-bond donors (Lipinski definition) is 0. The number of anilines is 2. The molecule has 2 fully saturated rings. The zero-order valence-electron chi connectivity index (χ0n) is 23.6. The Morgan fingerprint density at radius 3 is 2.29 bits per heavy atom. The van der Waals surface area contributed by atoms with E-state index in [2.05, 4.69) is 14.8 Å². The maximum atomic E-state index is 13.1. The predicted octanol–water partition coefficient (Wildman–Crippen LogP) is 4.24. The van der Waals surface area contributed by atoms with Crippen LogP contribution in [0.25, 0.3) is 0 Å². The quantitative estimate of drug-likeness (QED) is 0.228. The van der Waals surface area contributed by atoms with E-state index in [4.69, 9.17) is 21.3 Å². The highest BCUT2D eigenvalue weighted by Gasteiger charge is 2.29. The van der Waals surface area contributed by atoms with Crippen molar-refractivity contribution in [3.63, 3.8) is 0 Å². The first-order valence-corrected chi connectivity index (χ1v) is 15.1. The average Bonchev–Trinajstić information content (AvgIpc) is 3.00. The number of piperazine rings is 2. The van der Waals surface area contributed by atoms with Crippen LogP contribution in [0.15, 0.2) is 59.8 Å². The minimum atomic E-state index is 0.000516. The van der Waals surface area contributed by atoms with Crippen molar-refractivity contribution in [1.82, 2.24) is 19.8 Å². The lowest BCUT2D eigenvalue weighted by atomic mass is 10.1. The van der Waals surface area contributed by atoms with Crippen molar-refractivity contribution >= 4 is 46.7 Å². The van der Waals surface area contributed by atoms with Gasteiger partial charge in [0.15, 0.2) is 5.16 Å². The Hall–Kier alpha value is -3.50. The van der Waals surface area contributed by atoms with Gasteiger partial charge in [0.2, 0.25) is 5.91 Å². The third-order valence-corrected chi connectivity index (χ3v) is 8.59. The van der Waals surface area contributed by atoms with Crippen molar-refractivity contribution in [2.75, 3.05) is 68.5 Å². The van der Waals surface area contributed by atoms with E-state index >= 15 is 0 Å². The van der Waals surface area contributed by atoms with Crippen molar-refractivity contribution in [1.29, 1.82) is 0 Å². The molecule has 11 heteroatoms. The first-order valence-electron chi connectivity index (χ1n) is 13.8. The minimum Gasteiger partial charge on any atom is -0.497 e. The fraction of sp³-hybridized carbons (Fsp3) is 0.400. The van der Waals surface area contributed by atoms with E-state index in [1.54, 1.807) is 13.2 Å². The van der Waals surface area contributed by atoms with Gasteiger partial charge in [0.1, 0.15) is 16.7 Å². The van der Waals surface area contributed by atoms with E-state index in [0.29, 0.717) is 54.4 Å². The van der Waals surface area contributed by atoms with E-state index in [1.165, 1.54) is 11.8 Å². The van der Waals surface area contributed by atoms with E-state index in [-0.39, 0.29) is 23.6 Å². The highest BCUT2D eigenvalue weighted by Crippen LogP contribution is 2.26. The summed E-state index contributed by atoms with van der Waals surface area (Å²) >= 11 is 7.67. The Bertz CT molecular complexity index is 1370. The summed E-state index contributed by atoms with van der Waals surface area (Å²) in [5.74, 6) is 1.89. The number of thioether (sulfide) groups is 1. The Morgan fingerprint density at radius 2 is 1.63 bits per heavy atom. The molecule has 1 aromatic heterocycles. The largest absolute Gasteiger partial charge is 0.497 e. The lowest BCUT2D eigenvalue weighted by Gasteiger charge is -2.40. The van der Waals surface area contributed by atoms with Crippen molar-refractivity contribution in [3.05, 3.63) is 70.9 Å². The number of carbonyl (C=O) groups excluding carboxylic acids is 2. The molecule has 3 aromatic rings. The van der Waals surface area contributed by atoms with Gasteiger partial charge in [-0.2, -0.15) is 0 Å². The Balaban J connectivity index is 1.14. The van der Waals surface area contributed by atoms with E-state index in [0.717, 1.165) is 30.1 Å². The number of benzene rings is 2. The van der Waals surface area contributed by atoms with Crippen LogP contribution in [0.3, 0.4) is 0 Å². The lowest BCUT2D eigenvalue weighted by Crippen LogP contribution is -2.54. The molecule has 0 saturated carbocycles. The van der Waals surface area contributed by atoms with Crippen LogP contribution in [0.4, 0.5) is 11.5 Å². The molecule has 2 aliphatic rings. The SMILES string of the molecule is COc1ccc(N2CCN(C(=O)CSc3nc(Cl)cc(N4CCN(C(=O)c5ccc(C)cc5)[C@H](C)C4)n3)CC2)cc1. The average molecular weight is 595 g/mol. The predicted molar refractivity (Wildman–Crippen MR) is 163 cm³/mol. The number of carbonyl (C=O) groups is 2. The fourth-order valence-corrected chi connectivity index (χ4v) is 6.15. The minimum absolute atomic E-state index is 0.000516. The van der Waals surface area contributed by atoms with Gasteiger partial charge in [-0.25, -0.2) is 9.97 Å². The molecule has 0 spiro atoms. The van der Waals surface area contributed by atoms with Crippen LogP contribution < -0.4 is 14.5 Å². The molecule has 0 aliphatic carbocycles. The highest BCUT2D eigenvalue weighted by molar-refractivity contribution is 7.99. The number of hydrogen-bond acceptors (Lipinski definition) is 8. The van der Waals surface area contributed by atoms with Crippen molar-refractivity contribution in [2.24, 2.45) is 0 Å². The number of nitrogens with zero attached hydrogens (tertiary/aromatic N) is 6.